The smallest absolute Gasteiger partial charge is 0.270 e. The first kappa shape index (κ1) is 17.3. The zero-order valence-corrected chi connectivity index (χ0v) is 16.3. The molecule has 1 amide bonds. The van der Waals surface area contributed by atoms with E-state index in [1.807, 2.05) is 39.4 Å². The van der Waals surface area contributed by atoms with Crippen LogP contribution in [0.2, 0.25) is 0 Å². The highest BCUT2D eigenvalue weighted by molar-refractivity contribution is 5.92. The van der Waals surface area contributed by atoms with E-state index in [0.717, 1.165) is 56.2 Å². The molecular formula is C21H26N6O. The predicted octanol–water partition coefficient (Wildman–Crippen LogP) is 2.69. The molecule has 0 N–H and O–H groups in total. The first-order chi connectivity index (χ1) is 13.7. The number of amides is 1. The maximum atomic E-state index is 12.7. The molecule has 2 fully saturated rings. The molecule has 0 radical (unpaired) electrons. The van der Waals surface area contributed by atoms with Crippen LogP contribution in [0.3, 0.4) is 0 Å². The second-order valence-electron chi connectivity index (χ2n) is 7.93. The third-order valence-corrected chi connectivity index (χ3v) is 6.11. The van der Waals surface area contributed by atoms with E-state index in [2.05, 4.69) is 23.2 Å². The topological polar surface area (TPSA) is 58.7 Å². The van der Waals surface area contributed by atoms with Gasteiger partial charge >= 0.3 is 0 Å². The number of nitrogens with zero attached hydrogens (tertiary/aromatic N) is 6. The maximum absolute atomic E-state index is 12.7. The van der Waals surface area contributed by atoms with Crippen molar-refractivity contribution in [3.8, 4) is 0 Å². The molecule has 3 aromatic rings. The molecule has 0 bridgehead atoms. The lowest BCUT2D eigenvalue weighted by atomic mass is 9.96. The summed E-state index contributed by atoms with van der Waals surface area (Å²) in [7, 11) is 1.91. The summed E-state index contributed by atoms with van der Waals surface area (Å²) in [6, 6.07) is 8.02. The number of piperidine rings is 1. The van der Waals surface area contributed by atoms with Gasteiger partial charge in [0.15, 0.2) is 11.5 Å². The van der Waals surface area contributed by atoms with Gasteiger partial charge < -0.3 is 14.4 Å². The van der Waals surface area contributed by atoms with Gasteiger partial charge in [-0.05, 0) is 49.9 Å². The number of pyridine rings is 1. The van der Waals surface area contributed by atoms with Gasteiger partial charge in [-0.2, -0.15) is 5.10 Å². The molecule has 0 saturated carbocycles. The number of aryl methyl sites for hydroxylation is 1. The Bertz CT molecular complexity index is 991. The van der Waals surface area contributed by atoms with Gasteiger partial charge in [0, 0.05) is 45.3 Å². The summed E-state index contributed by atoms with van der Waals surface area (Å²) in [6.07, 6.45) is 8.36. The first-order valence-corrected chi connectivity index (χ1v) is 10.2. The lowest BCUT2D eigenvalue weighted by Crippen LogP contribution is -2.38. The van der Waals surface area contributed by atoms with Crippen molar-refractivity contribution < 1.29 is 4.79 Å². The van der Waals surface area contributed by atoms with E-state index in [9.17, 15) is 4.79 Å². The summed E-state index contributed by atoms with van der Waals surface area (Å²) in [6.45, 7) is 3.76. The van der Waals surface area contributed by atoms with Crippen LogP contribution in [0.25, 0.3) is 5.65 Å². The fraction of sp³-hybridized carbons (Fsp3) is 0.476. The van der Waals surface area contributed by atoms with Crippen LogP contribution in [0, 0.1) is 0 Å². The van der Waals surface area contributed by atoms with Crippen LogP contribution in [-0.2, 0) is 7.05 Å². The summed E-state index contributed by atoms with van der Waals surface area (Å²) in [5, 5.41) is 4.77. The third-order valence-electron chi connectivity index (χ3n) is 6.11. The van der Waals surface area contributed by atoms with E-state index in [1.54, 1.807) is 0 Å². The minimum Gasteiger partial charge on any atom is -0.370 e. The number of carbonyl (C=O) groups is 1. The molecule has 2 saturated heterocycles. The van der Waals surface area contributed by atoms with Gasteiger partial charge in [-0.15, -0.1) is 0 Å². The molecule has 5 rings (SSSR count). The molecule has 0 unspecified atom stereocenters. The Morgan fingerprint density at radius 2 is 1.86 bits per heavy atom. The summed E-state index contributed by atoms with van der Waals surface area (Å²) < 4.78 is 3.81. The number of carbonyl (C=O) groups excluding carboxylic acids is 1. The molecule has 0 aliphatic carbocycles. The van der Waals surface area contributed by atoms with Crippen LogP contribution < -0.4 is 4.90 Å². The van der Waals surface area contributed by atoms with Crippen LogP contribution in [0.15, 0.2) is 36.7 Å². The lowest BCUT2D eigenvalue weighted by Gasteiger charge is -2.30. The van der Waals surface area contributed by atoms with Gasteiger partial charge in [0.05, 0.1) is 11.9 Å². The third kappa shape index (κ3) is 3.04. The molecule has 0 aromatic carbocycles. The van der Waals surface area contributed by atoms with Crippen molar-refractivity contribution in [3.63, 3.8) is 0 Å². The quantitative estimate of drug-likeness (QED) is 0.703. The second-order valence-corrected chi connectivity index (χ2v) is 7.93. The van der Waals surface area contributed by atoms with Gasteiger partial charge in [-0.1, -0.05) is 0 Å². The molecular weight excluding hydrogens is 352 g/mol. The lowest BCUT2D eigenvalue weighted by molar-refractivity contribution is 0.0701. The predicted molar refractivity (Wildman–Crippen MR) is 108 cm³/mol. The minimum atomic E-state index is 0.115. The van der Waals surface area contributed by atoms with Crippen LogP contribution in [-0.4, -0.2) is 56.2 Å². The van der Waals surface area contributed by atoms with E-state index in [4.69, 9.17) is 10.1 Å². The molecule has 5 heterocycles. The minimum absolute atomic E-state index is 0.115. The Morgan fingerprint density at radius 1 is 1.07 bits per heavy atom. The van der Waals surface area contributed by atoms with E-state index in [1.165, 1.54) is 18.5 Å². The number of fused-ring (bicyclic) bond motifs is 1. The van der Waals surface area contributed by atoms with Crippen molar-refractivity contribution in [3.05, 3.63) is 48.2 Å². The van der Waals surface area contributed by atoms with Gasteiger partial charge in [0.1, 0.15) is 5.69 Å². The molecule has 7 heteroatoms. The summed E-state index contributed by atoms with van der Waals surface area (Å²) >= 11 is 0. The van der Waals surface area contributed by atoms with Crippen molar-refractivity contribution in [1.82, 2.24) is 24.1 Å². The van der Waals surface area contributed by atoms with Crippen molar-refractivity contribution in [2.75, 3.05) is 31.1 Å². The van der Waals surface area contributed by atoms with E-state index >= 15 is 0 Å². The molecule has 3 aromatic heterocycles. The zero-order valence-electron chi connectivity index (χ0n) is 16.3. The molecule has 0 atom stereocenters. The fourth-order valence-electron chi connectivity index (χ4n) is 4.41. The molecule has 0 spiro atoms. The van der Waals surface area contributed by atoms with E-state index < -0.39 is 0 Å². The van der Waals surface area contributed by atoms with Crippen molar-refractivity contribution in [2.24, 2.45) is 7.05 Å². The number of hydrogen-bond donors (Lipinski definition) is 0. The summed E-state index contributed by atoms with van der Waals surface area (Å²) in [5.74, 6) is 1.33. The van der Waals surface area contributed by atoms with Crippen molar-refractivity contribution in [2.45, 2.75) is 31.6 Å². The van der Waals surface area contributed by atoms with Gasteiger partial charge in [-0.3, -0.25) is 4.79 Å². The summed E-state index contributed by atoms with van der Waals surface area (Å²) in [5.41, 5.74) is 2.88. The Labute approximate surface area is 164 Å². The van der Waals surface area contributed by atoms with Gasteiger partial charge in [0.25, 0.3) is 5.91 Å². The average Bonchev–Trinajstić information content (AvgIpc) is 3.47. The number of rotatable bonds is 3. The standard InChI is InChI=1S/C21H26N6O/c1-24-10-4-5-18(24)21(28)26-13-8-16(9-14-26)20-22-19-7-6-17(15-27(19)23-20)25-11-2-3-12-25/h4-7,10,15-16H,2-3,8-9,11-14H2,1H3. The average molecular weight is 378 g/mol. The van der Waals surface area contributed by atoms with Gasteiger partial charge in [0.2, 0.25) is 0 Å². The first-order valence-electron chi connectivity index (χ1n) is 10.2. The Morgan fingerprint density at radius 3 is 2.57 bits per heavy atom. The van der Waals surface area contributed by atoms with Crippen LogP contribution in [0.4, 0.5) is 5.69 Å². The van der Waals surface area contributed by atoms with Crippen molar-refractivity contribution in [1.29, 1.82) is 0 Å². The monoisotopic (exact) mass is 378 g/mol. The van der Waals surface area contributed by atoms with Crippen LogP contribution in [0.1, 0.15) is 47.9 Å². The van der Waals surface area contributed by atoms with E-state index in [0.29, 0.717) is 5.92 Å². The molecule has 2 aliphatic rings. The highest BCUT2D eigenvalue weighted by atomic mass is 16.2. The number of hydrogen-bond acceptors (Lipinski definition) is 4. The van der Waals surface area contributed by atoms with Crippen LogP contribution >= 0.6 is 0 Å². The molecule has 2 aliphatic heterocycles. The summed E-state index contributed by atoms with van der Waals surface area (Å²) in [4.78, 5) is 21.8. The maximum Gasteiger partial charge on any atom is 0.270 e. The normalized spacial score (nSPS) is 18.3. The zero-order chi connectivity index (χ0) is 19.1. The second kappa shape index (κ2) is 6.96. The largest absolute Gasteiger partial charge is 0.370 e. The van der Waals surface area contributed by atoms with Crippen LogP contribution in [0.5, 0.6) is 0 Å². The number of likely N-dealkylation sites (tertiary alicyclic amines) is 1. The van der Waals surface area contributed by atoms with Gasteiger partial charge in [-0.25, -0.2) is 9.50 Å². The van der Waals surface area contributed by atoms with Crippen molar-refractivity contribution >= 4 is 17.2 Å². The Hall–Kier alpha value is -2.83. The molecule has 146 valence electrons. The number of anilines is 1. The molecule has 7 nitrogen and oxygen atoms in total. The molecule has 28 heavy (non-hydrogen) atoms. The highest BCUT2D eigenvalue weighted by Crippen LogP contribution is 2.28. The number of aromatic nitrogens is 4. The Kier molecular flexibility index (Phi) is 4.30. The Balaban J connectivity index is 1.29. The fourth-order valence-corrected chi connectivity index (χ4v) is 4.41. The highest BCUT2D eigenvalue weighted by Gasteiger charge is 2.28. The van der Waals surface area contributed by atoms with E-state index in [-0.39, 0.29) is 5.91 Å². The SMILES string of the molecule is Cn1cccc1C(=O)N1CCC(c2nc3ccc(N4CCCC4)cn3n2)CC1.